The van der Waals surface area contributed by atoms with Crippen molar-refractivity contribution in [3.63, 3.8) is 0 Å². The summed E-state index contributed by atoms with van der Waals surface area (Å²) in [5.41, 5.74) is 0.701. The van der Waals surface area contributed by atoms with Crippen molar-refractivity contribution in [2.45, 2.75) is 32.8 Å². The molecule has 0 aromatic heterocycles. The van der Waals surface area contributed by atoms with Crippen LogP contribution >= 0.6 is 0 Å². The van der Waals surface area contributed by atoms with E-state index in [1.54, 1.807) is 7.11 Å². The number of carbonyl (C=O) groups is 1. The van der Waals surface area contributed by atoms with E-state index in [-0.39, 0.29) is 12.1 Å². The molecule has 1 unspecified atom stereocenters. The Morgan fingerprint density at radius 3 is 2.75 bits per heavy atom. The Kier molecular flexibility index (Phi) is 2.74. The van der Waals surface area contributed by atoms with Crippen LogP contribution in [0, 0.1) is 0 Å². The summed E-state index contributed by atoms with van der Waals surface area (Å²) in [6.45, 7) is 3.84. The second-order valence-electron chi connectivity index (χ2n) is 2.88. The summed E-state index contributed by atoms with van der Waals surface area (Å²) in [6, 6.07) is 0. The van der Waals surface area contributed by atoms with E-state index in [9.17, 15) is 4.79 Å². The molecule has 0 N–H and O–H groups in total. The molecule has 3 heteroatoms. The molecule has 1 saturated heterocycles. The quantitative estimate of drug-likeness (QED) is 0.359. The SMILES string of the molecule is CC/C(OC)=C1/CC(C)OC1=O. The molecule has 1 rings (SSSR count). The molecule has 68 valence electrons. The molecule has 0 radical (unpaired) electrons. The molecule has 1 atom stereocenters. The summed E-state index contributed by atoms with van der Waals surface area (Å²) in [5.74, 6) is 0.533. The zero-order valence-electron chi connectivity index (χ0n) is 7.72. The third-order valence-corrected chi connectivity index (χ3v) is 1.95. The lowest BCUT2D eigenvalue weighted by atomic mass is 10.1. The molecule has 0 aromatic carbocycles. The molecule has 0 saturated carbocycles. The number of esters is 1. The number of rotatable bonds is 2. The molecule has 1 aliphatic heterocycles. The number of hydrogen-bond acceptors (Lipinski definition) is 3. The molecular weight excluding hydrogens is 156 g/mol. The monoisotopic (exact) mass is 170 g/mol. The van der Waals surface area contributed by atoms with Gasteiger partial charge >= 0.3 is 5.97 Å². The van der Waals surface area contributed by atoms with E-state index in [0.717, 1.165) is 12.2 Å². The van der Waals surface area contributed by atoms with Crippen LogP contribution in [0.1, 0.15) is 26.7 Å². The lowest BCUT2D eigenvalue weighted by molar-refractivity contribution is -0.138. The van der Waals surface area contributed by atoms with Crippen LogP contribution in [0.2, 0.25) is 0 Å². The molecular formula is C9H14O3. The molecule has 1 aliphatic rings. The van der Waals surface area contributed by atoms with Gasteiger partial charge in [-0.3, -0.25) is 0 Å². The standard InChI is InChI=1S/C9H14O3/c1-4-8(11-3)7-5-6(2)12-9(7)10/h6H,4-5H2,1-3H3/b8-7+. The molecule has 3 nitrogen and oxygen atoms in total. The molecule has 0 spiro atoms. The Morgan fingerprint density at radius 2 is 2.42 bits per heavy atom. The van der Waals surface area contributed by atoms with Crippen molar-refractivity contribution < 1.29 is 14.3 Å². The zero-order valence-corrected chi connectivity index (χ0v) is 7.72. The third-order valence-electron chi connectivity index (χ3n) is 1.95. The maximum atomic E-state index is 11.2. The van der Waals surface area contributed by atoms with Gasteiger partial charge < -0.3 is 9.47 Å². The van der Waals surface area contributed by atoms with Crippen LogP contribution in [-0.4, -0.2) is 19.2 Å². The number of hydrogen-bond donors (Lipinski definition) is 0. The minimum atomic E-state index is -0.221. The summed E-state index contributed by atoms with van der Waals surface area (Å²) in [7, 11) is 1.59. The van der Waals surface area contributed by atoms with Gasteiger partial charge in [0.2, 0.25) is 0 Å². The van der Waals surface area contributed by atoms with Gasteiger partial charge in [-0.25, -0.2) is 4.79 Å². The van der Waals surface area contributed by atoms with Gasteiger partial charge in [0.15, 0.2) is 0 Å². The Morgan fingerprint density at radius 1 is 1.75 bits per heavy atom. The predicted molar refractivity (Wildman–Crippen MR) is 44.5 cm³/mol. The van der Waals surface area contributed by atoms with Gasteiger partial charge in [-0.05, 0) is 6.92 Å². The fraction of sp³-hybridized carbons (Fsp3) is 0.667. The van der Waals surface area contributed by atoms with Gasteiger partial charge in [-0.2, -0.15) is 0 Å². The first-order valence-electron chi connectivity index (χ1n) is 4.16. The smallest absolute Gasteiger partial charge is 0.337 e. The summed E-state index contributed by atoms with van der Waals surface area (Å²) >= 11 is 0. The van der Waals surface area contributed by atoms with Crippen molar-refractivity contribution in [1.29, 1.82) is 0 Å². The van der Waals surface area contributed by atoms with Crippen LogP contribution < -0.4 is 0 Å². The largest absolute Gasteiger partial charge is 0.501 e. The van der Waals surface area contributed by atoms with Crippen LogP contribution in [0.15, 0.2) is 11.3 Å². The van der Waals surface area contributed by atoms with Gasteiger partial charge in [0.05, 0.1) is 12.7 Å². The van der Waals surface area contributed by atoms with E-state index in [0.29, 0.717) is 12.0 Å². The van der Waals surface area contributed by atoms with Gasteiger partial charge in [0.25, 0.3) is 0 Å². The Bertz CT molecular complexity index is 212. The van der Waals surface area contributed by atoms with Crippen molar-refractivity contribution in [3.8, 4) is 0 Å². The summed E-state index contributed by atoms with van der Waals surface area (Å²) < 4.78 is 10.1. The molecule has 12 heavy (non-hydrogen) atoms. The molecule has 1 fully saturated rings. The highest BCUT2D eigenvalue weighted by atomic mass is 16.6. The summed E-state index contributed by atoms with van der Waals surface area (Å²) in [4.78, 5) is 11.2. The zero-order chi connectivity index (χ0) is 9.14. The van der Waals surface area contributed by atoms with Crippen molar-refractivity contribution in [2.24, 2.45) is 0 Å². The van der Waals surface area contributed by atoms with Gasteiger partial charge in [0.1, 0.15) is 11.9 Å². The minimum absolute atomic E-state index is 0.00389. The van der Waals surface area contributed by atoms with Crippen molar-refractivity contribution in [1.82, 2.24) is 0 Å². The maximum absolute atomic E-state index is 11.2. The lowest BCUT2D eigenvalue weighted by Crippen LogP contribution is -2.01. The first kappa shape index (κ1) is 9.10. The number of methoxy groups -OCH3 is 1. The number of carbonyl (C=O) groups excluding carboxylic acids is 1. The van der Waals surface area contributed by atoms with E-state index in [1.165, 1.54) is 0 Å². The second kappa shape index (κ2) is 3.61. The van der Waals surface area contributed by atoms with Gasteiger partial charge in [-0.15, -0.1) is 0 Å². The van der Waals surface area contributed by atoms with Crippen LogP contribution in [0.25, 0.3) is 0 Å². The average Bonchev–Trinajstić information content (AvgIpc) is 2.34. The van der Waals surface area contributed by atoms with E-state index in [2.05, 4.69) is 0 Å². The van der Waals surface area contributed by atoms with Crippen molar-refractivity contribution in [2.75, 3.05) is 7.11 Å². The Hall–Kier alpha value is -0.990. The number of allylic oxidation sites excluding steroid dienone is 1. The highest BCUT2D eigenvalue weighted by Gasteiger charge is 2.28. The molecule has 0 aromatic rings. The Balaban J connectivity index is 2.85. The van der Waals surface area contributed by atoms with Crippen molar-refractivity contribution >= 4 is 5.97 Å². The number of cyclic esters (lactones) is 1. The molecule has 0 amide bonds. The highest BCUT2D eigenvalue weighted by molar-refractivity contribution is 5.91. The highest BCUT2D eigenvalue weighted by Crippen LogP contribution is 2.24. The molecule has 0 aliphatic carbocycles. The maximum Gasteiger partial charge on any atom is 0.337 e. The van der Waals surface area contributed by atoms with E-state index < -0.39 is 0 Å². The fourth-order valence-electron chi connectivity index (χ4n) is 1.37. The summed E-state index contributed by atoms with van der Waals surface area (Å²) in [5, 5.41) is 0. The normalized spacial score (nSPS) is 26.9. The number of ether oxygens (including phenoxy) is 2. The third kappa shape index (κ3) is 1.60. The average molecular weight is 170 g/mol. The van der Waals surface area contributed by atoms with Crippen LogP contribution in [-0.2, 0) is 14.3 Å². The van der Waals surface area contributed by atoms with Crippen LogP contribution in [0.5, 0.6) is 0 Å². The molecule has 0 bridgehead atoms. The van der Waals surface area contributed by atoms with E-state index in [1.807, 2.05) is 13.8 Å². The first-order chi connectivity index (χ1) is 5.69. The lowest BCUT2D eigenvalue weighted by Gasteiger charge is -2.03. The van der Waals surface area contributed by atoms with Crippen molar-refractivity contribution in [3.05, 3.63) is 11.3 Å². The van der Waals surface area contributed by atoms with E-state index in [4.69, 9.17) is 9.47 Å². The predicted octanol–water partition coefficient (Wildman–Crippen LogP) is 1.63. The van der Waals surface area contributed by atoms with E-state index >= 15 is 0 Å². The minimum Gasteiger partial charge on any atom is -0.501 e. The van der Waals surface area contributed by atoms with Gasteiger partial charge in [-0.1, -0.05) is 6.92 Å². The Labute approximate surface area is 72.4 Å². The second-order valence-corrected chi connectivity index (χ2v) is 2.88. The van der Waals surface area contributed by atoms with Gasteiger partial charge in [0, 0.05) is 12.8 Å². The topological polar surface area (TPSA) is 35.5 Å². The summed E-state index contributed by atoms with van der Waals surface area (Å²) in [6.07, 6.45) is 1.42. The first-order valence-corrected chi connectivity index (χ1v) is 4.16. The molecule has 1 heterocycles. The van der Waals surface area contributed by atoms with Crippen LogP contribution in [0.4, 0.5) is 0 Å². The fourth-order valence-corrected chi connectivity index (χ4v) is 1.37. The van der Waals surface area contributed by atoms with Crippen LogP contribution in [0.3, 0.4) is 0 Å².